The lowest BCUT2D eigenvalue weighted by Crippen LogP contribution is -2.13. The van der Waals surface area contributed by atoms with Crippen LogP contribution in [0.4, 0.5) is 11.4 Å². The minimum Gasteiger partial charge on any atom is -0.378 e. The molecule has 0 radical (unpaired) electrons. The first-order valence-corrected chi connectivity index (χ1v) is 13.2. The van der Waals surface area contributed by atoms with E-state index in [0.29, 0.717) is 34.5 Å². The molecule has 34 heavy (non-hydrogen) atoms. The molecule has 1 amide bonds. The predicted molar refractivity (Wildman–Crippen MR) is 148 cm³/mol. The number of rotatable bonds is 9. The van der Waals surface area contributed by atoms with E-state index in [4.69, 9.17) is 23.2 Å². The summed E-state index contributed by atoms with van der Waals surface area (Å²) in [5, 5.41) is 16.7. The van der Waals surface area contributed by atoms with Gasteiger partial charge >= 0.3 is 0 Å². The van der Waals surface area contributed by atoms with E-state index in [-0.39, 0.29) is 5.91 Å². The van der Waals surface area contributed by atoms with E-state index in [1.54, 1.807) is 18.2 Å². The summed E-state index contributed by atoms with van der Waals surface area (Å²) in [4.78, 5) is 12.4. The monoisotopic (exact) mass is 623 g/mol. The number of nitrogens with zero attached hydrogens (tertiary/aromatic N) is 3. The van der Waals surface area contributed by atoms with Crippen LogP contribution in [0.3, 0.4) is 0 Å². The van der Waals surface area contributed by atoms with E-state index in [2.05, 4.69) is 43.4 Å². The lowest BCUT2D eigenvalue weighted by Gasteiger charge is -2.12. The number of aromatic nitrogens is 3. The number of carbonyl (C=O) groups excluding carboxylic acids is 1. The molecule has 4 aromatic rings. The third-order valence-corrected chi connectivity index (χ3v) is 6.97. The van der Waals surface area contributed by atoms with Crippen molar-refractivity contribution in [2.75, 3.05) is 16.4 Å². The number of carbonyl (C=O) groups is 1. The zero-order chi connectivity index (χ0) is 23.9. The summed E-state index contributed by atoms with van der Waals surface area (Å²) in [6, 6.07) is 23.1. The molecule has 174 valence electrons. The molecule has 3 aromatic carbocycles. The highest BCUT2D eigenvalue weighted by Crippen LogP contribution is 2.26. The van der Waals surface area contributed by atoms with Gasteiger partial charge in [-0.15, -0.1) is 10.2 Å². The van der Waals surface area contributed by atoms with E-state index in [1.165, 1.54) is 15.3 Å². The molecular formula is C24H20Cl2IN5OS. The smallest absolute Gasteiger partial charge is 0.225 e. The Balaban J connectivity index is 1.42. The van der Waals surface area contributed by atoms with E-state index >= 15 is 0 Å². The molecule has 0 saturated carbocycles. The summed E-state index contributed by atoms with van der Waals surface area (Å²) in [6.45, 7) is 0.512. The van der Waals surface area contributed by atoms with Gasteiger partial charge in [0.2, 0.25) is 5.91 Å². The maximum Gasteiger partial charge on any atom is 0.225 e. The lowest BCUT2D eigenvalue weighted by atomic mass is 10.3. The van der Waals surface area contributed by atoms with Gasteiger partial charge in [0.05, 0.1) is 17.3 Å². The molecule has 0 bridgehead atoms. The minimum atomic E-state index is -0.136. The topological polar surface area (TPSA) is 71.8 Å². The van der Waals surface area contributed by atoms with Crippen molar-refractivity contribution >= 4 is 74.8 Å². The maximum atomic E-state index is 12.4. The molecule has 0 unspecified atom stereocenters. The van der Waals surface area contributed by atoms with E-state index in [0.717, 1.165) is 22.4 Å². The fraction of sp³-hybridized carbons (Fsp3) is 0.125. The molecule has 0 atom stereocenters. The van der Waals surface area contributed by atoms with Crippen molar-refractivity contribution in [3.63, 3.8) is 0 Å². The fourth-order valence-electron chi connectivity index (χ4n) is 3.13. The molecule has 0 aliphatic carbocycles. The third kappa shape index (κ3) is 6.65. The van der Waals surface area contributed by atoms with Gasteiger partial charge in [-0.3, -0.25) is 9.36 Å². The standard InChI is InChI=1S/C24H20Cl2IN5OS/c25-16-6-11-21(20(26)14-16)29-23(33)12-13-34-24-31-30-22(32(24)19-4-2-1-3-5-19)15-28-18-9-7-17(27)8-10-18/h1-11,14,28H,12-13,15H2,(H,29,33). The molecule has 0 aliphatic rings. The molecule has 1 aromatic heterocycles. The average Bonchev–Trinajstić information content (AvgIpc) is 3.24. The molecule has 10 heteroatoms. The Morgan fingerprint density at radius 1 is 1.00 bits per heavy atom. The van der Waals surface area contributed by atoms with E-state index in [9.17, 15) is 4.79 Å². The molecule has 2 N–H and O–H groups in total. The number of nitrogens with one attached hydrogen (secondary N) is 2. The number of benzene rings is 3. The highest BCUT2D eigenvalue weighted by atomic mass is 127. The van der Waals surface area contributed by atoms with Crippen molar-refractivity contribution in [1.29, 1.82) is 0 Å². The second kappa shape index (κ2) is 11.9. The summed E-state index contributed by atoms with van der Waals surface area (Å²) in [5.74, 6) is 1.18. The highest BCUT2D eigenvalue weighted by molar-refractivity contribution is 14.1. The Kier molecular flexibility index (Phi) is 8.71. The van der Waals surface area contributed by atoms with Gasteiger partial charge in [0, 0.05) is 32.1 Å². The molecule has 0 aliphatic heterocycles. The van der Waals surface area contributed by atoms with Crippen molar-refractivity contribution in [2.24, 2.45) is 0 Å². The van der Waals surface area contributed by atoms with Gasteiger partial charge in [-0.1, -0.05) is 53.2 Å². The zero-order valence-electron chi connectivity index (χ0n) is 17.8. The number of para-hydroxylation sites is 1. The van der Waals surface area contributed by atoms with Crippen LogP contribution in [0.25, 0.3) is 5.69 Å². The molecule has 4 rings (SSSR count). The second-order valence-electron chi connectivity index (χ2n) is 7.20. The van der Waals surface area contributed by atoms with Gasteiger partial charge in [0.25, 0.3) is 0 Å². The predicted octanol–water partition coefficient (Wildman–Crippen LogP) is 6.91. The fourth-order valence-corrected chi connectivity index (χ4v) is 4.86. The Morgan fingerprint density at radius 2 is 1.76 bits per heavy atom. The summed E-state index contributed by atoms with van der Waals surface area (Å²) in [7, 11) is 0. The van der Waals surface area contributed by atoms with E-state index < -0.39 is 0 Å². The van der Waals surface area contributed by atoms with Gasteiger partial charge < -0.3 is 10.6 Å². The van der Waals surface area contributed by atoms with Crippen LogP contribution in [0.1, 0.15) is 12.2 Å². The van der Waals surface area contributed by atoms with E-state index in [1.807, 2.05) is 59.2 Å². The van der Waals surface area contributed by atoms with Gasteiger partial charge in [-0.05, 0) is 77.2 Å². The largest absolute Gasteiger partial charge is 0.378 e. The van der Waals surface area contributed by atoms with Crippen LogP contribution in [0, 0.1) is 3.57 Å². The quantitative estimate of drug-likeness (QED) is 0.157. The van der Waals surface area contributed by atoms with Crippen LogP contribution in [0.5, 0.6) is 0 Å². The van der Waals surface area contributed by atoms with Crippen molar-refractivity contribution in [1.82, 2.24) is 14.8 Å². The maximum absolute atomic E-state index is 12.4. The summed E-state index contributed by atoms with van der Waals surface area (Å²) in [6.07, 6.45) is 0.293. The van der Waals surface area contributed by atoms with Crippen molar-refractivity contribution in [3.05, 3.63) is 92.2 Å². The Hall–Kier alpha value is -2.27. The molecule has 0 fully saturated rings. The number of halogens is 3. The molecule has 0 saturated heterocycles. The van der Waals surface area contributed by atoms with Crippen LogP contribution in [0.2, 0.25) is 10.0 Å². The first-order valence-electron chi connectivity index (χ1n) is 10.4. The van der Waals surface area contributed by atoms with Gasteiger partial charge in [0.15, 0.2) is 11.0 Å². The summed E-state index contributed by atoms with van der Waals surface area (Å²) in [5.41, 5.74) is 2.51. The summed E-state index contributed by atoms with van der Waals surface area (Å²) >= 11 is 15.8. The lowest BCUT2D eigenvalue weighted by molar-refractivity contribution is -0.115. The molecular weight excluding hydrogens is 604 g/mol. The Labute approximate surface area is 225 Å². The number of amides is 1. The van der Waals surface area contributed by atoms with Crippen molar-refractivity contribution < 1.29 is 4.79 Å². The van der Waals surface area contributed by atoms with Gasteiger partial charge in [0.1, 0.15) is 0 Å². The van der Waals surface area contributed by atoms with Crippen LogP contribution < -0.4 is 10.6 Å². The molecule has 6 nitrogen and oxygen atoms in total. The summed E-state index contributed by atoms with van der Waals surface area (Å²) < 4.78 is 3.19. The number of thioether (sulfide) groups is 1. The molecule has 1 heterocycles. The van der Waals surface area contributed by atoms with Crippen LogP contribution in [-0.4, -0.2) is 26.4 Å². The Bertz CT molecular complexity index is 1270. The van der Waals surface area contributed by atoms with Crippen LogP contribution in [-0.2, 0) is 11.3 Å². The zero-order valence-corrected chi connectivity index (χ0v) is 22.3. The number of hydrogen-bond acceptors (Lipinski definition) is 5. The van der Waals surface area contributed by atoms with Crippen molar-refractivity contribution in [3.8, 4) is 5.69 Å². The first kappa shape index (κ1) is 24.8. The van der Waals surface area contributed by atoms with Crippen LogP contribution in [0.15, 0.2) is 78.0 Å². The third-order valence-electron chi connectivity index (χ3n) is 4.78. The Morgan fingerprint density at radius 3 is 2.50 bits per heavy atom. The molecule has 0 spiro atoms. The van der Waals surface area contributed by atoms with Gasteiger partial charge in [-0.2, -0.15) is 0 Å². The SMILES string of the molecule is O=C(CCSc1nnc(CNc2ccc(I)cc2)n1-c1ccccc1)Nc1ccc(Cl)cc1Cl. The number of anilines is 2. The highest BCUT2D eigenvalue weighted by Gasteiger charge is 2.15. The average molecular weight is 624 g/mol. The van der Waals surface area contributed by atoms with Crippen LogP contribution >= 0.6 is 57.6 Å². The normalized spacial score (nSPS) is 10.8. The number of hydrogen-bond donors (Lipinski definition) is 2. The van der Waals surface area contributed by atoms with Crippen molar-refractivity contribution in [2.45, 2.75) is 18.1 Å². The minimum absolute atomic E-state index is 0.136. The first-order chi connectivity index (χ1) is 16.5. The second-order valence-corrected chi connectivity index (χ2v) is 10.4. The van der Waals surface area contributed by atoms with Gasteiger partial charge in [-0.25, -0.2) is 0 Å².